The molecule has 4 N–H and O–H groups in total. The van der Waals surface area contributed by atoms with Crippen molar-refractivity contribution in [1.82, 2.24) is 20.2 Å². The number of fused-ring (bicyclic) bond motifs is 1. The topological polar surface area (TPSA) is 100 Å². The van der Waals surface area contributed by atoms with Crippen molar-refractivity contribution in [3.8, 4) is 11.5 Å². The van der Waals surface area contributed by atoms with Crippen LogP contribution in [-0.4, -0.2) is 53.2 Å². The Morgan fingerprint density at radius 1 is 1.26 bits per heavy atom. The maximum absolute atomic E-state index is 12.3. The quantitative estimate of drug-likeness (QED) is 0.433. The highest BCUT2D eigenvalue weighted by Gasteiger charge is 2.21. The lowest BCUT2D eigenvalue weighted by Crippen LogP contribution is -2.37. The van der Waals surface area contributed by atoms with Crippen LogP contribution in [-0.2, 0) is 0 Å². The van der Waals surface area contributed by atoms with Crippen LogP contribution in [0.1, 0.15) is 12.8 Å². The number of carbonyl (C=O) groups excluding carboxylic acids is 1. The first-order valence-corrected chi connectivity index (χ1v) is 10.4. The number of anilines is 1. The third kappa shape index (κ3) is 5.12. The van der Waals surface area contributed by atoms with Crippen LogP contribution in [0.4, 0.5) is 15.0 Å². The minimum Gasteiger partial charge on any atom is -0.457 e. The molecule has 1 aliphatic heterocycles. The summed E-state index contributed by atoms with van der Waals surface area (Å²) >= 11 is 0. The smallest absolute Gasteiger partial charge is 0.326 e. The number of rotatable bonds is 7. The molecule has 2 aromatic heterocycles. The average molecular weight is 427 g/mol. The standard InChI is InChI=1S/C22H26FN5O3/c23-7-11-26-22(30)28-12-6-16-13-17(1-2-19(16)28)31-18-5-10-25-20(14-18)27-21(29)15-3-8-24-9-4-15/h1-2,5-6,10,12-15,21,24,29H,3-4,7-9,11H2,(H,25,27)(H,26,30). The highest BCUT2D eigenvalue weighted by molar-refractivity contribution is 5.92. The van der Waals surface area contributed by atoms with Gasteiger partial charge in [0.05, 0.1) is 5.52 Å². The Bertz CT molecular complexity index is 1030. The van der Waals surface area contributed by atoms with Gasteiger partial charge in [0.25, 0.3) is 0 Å². The molecular weight excluding hydrogens is 401 g/mol. The summed E-state index contributed by atoms with van der Waals surface area (Å²) in [5, 5.41) is 20.1. The highest BCUT2D eigenvalue weighted by atomic mass is 19.1. The van der Waals surface area contributed by atoms with E-state index in [4.69, 9.17) is 4.74 Å². The minimum absolute atomic E-state index is 0.0234. The van der Waals surface area contributed by atoms with Gasteiger partial charge >= 0.3 is 6.03 Å². The second-order valence-electron chi connectivity index (χ2n) is 7.48. The van der Waals surface area contributed by atoms with E-state index in [-0.39, 0.29) is 18.5 Å². The normalized spacial score (nSPS) is 15.5. The number of halogens is 1. The van der Waals surface area contributed by atoms with Gasteiger partial charge in [-0.05, 0) is 56.3 Å². The number of carbonyl (C=O) groups is 1. The van der Waals surface area contributed by atoms with Crippen LogP contribution in [0, 0.1) is 5.92 Å². The van der Waals surface area contributed by atoms with Crippen LogP contribution < -0.4 is 20.7 Å². The SMILES string of the molecule is O=C(NCCF)n1ccc2cc(Oc3ccnc(NC(O)C4CCNCC4)c3)ccc21. The molecule has 0 spiro atoms. The predicted octanol–water partition coefficient (Wildman–Crippen LogP) is 3.09. The van der Waals surface area contributed by atoms with Gasteiger partial charge in [0, 0.05) is 36.3 Å². The second kappa shape index (κ2) is 9.76. The fourth-order valence-corrected chi connectivity index (χ4v) is 3.72. The van der Waals surface area contributed by atoms with Crippen molar-refractivity contribution < 1.29 is 19.0 Å². The minimum atomic E-state index is -0.662. The Labute approximate surface area is 179 Å². The van der Waals surface area contributed by atoms with Crippen molar-refractivity contribution in [2.24, 2.45) is 5.92 Å². The fraction of sp³-hybridized carbons (Fsp3) is 0.364. The average Bonchev–Trinajstić information content (AvgIpc) is 3.21. The molecule has 9 heteroatoms. The first-order valence-electron chi connectivity index (χ1n) is 10.4. The van der Waals surface area contributed by atoms with Crippen LogP contribution in [0.2, 0.25) is 0 Å². The number of pyridine rings is 1. The summed E-state index contributed by atoms with van der Waals surface area (Å²) in [6.45, 7) is 1.18. The number of aliphatic hydroxyl groups excluding tert-OH is 1. The van der Waals surface area contributed by atoms with Crippen molar-refractivity contribution in [1.29, 1.82) is 0 Å². The third-order valence-electron chi connectivity index (χ3n) is 5.34. The van der Waals surface area contributed by atoms with Gasteiger partial charge in [0.2, 0.25) is 0 Å². The molecule has 3 heterocycles. The van der Waals surface area contributed by atoms with E-state index in [0.717, 1.165) is 31.3 Å². The number of ether oxygens (including phenoxy) is 1. The van der Waals surface area contributed by atoms with Crippen molar-refractivity contribution in [2.75, 3.05) is 31.6 Å². The van der Waals surface area contributed by atoms with Crippen molar-refractivity contribution >= 4 is 22.8 Å². The molecule has 0 aliphatic carbocycles. The monoisotopic (exact) mass is 427 g/mol. The molecule has 8 nitrogen and oxygen atoms in total. The molecule has 1 aromatic carbocycles. The maximum atomic E-state index is 12.3. The zero-order chi connectivity index (χ0) is 21.6. The van der Waals surface area contributed by atoms with Crippen LogP contribution in [0.5, 0.6) is 11.5 Å². The van der Waals surface area contributed by atoms with Gasteiger partial charge in [-0.2, -0.15) is 0 Å². The van der Waals surface area contributed by atoms with E-state index in [2.05, 4.69) is 20.9 Å². The van der Waals surface area contributed by atoms with E-state index in [0.29, 0.717) is 22.8 Å². The van der Waals surface area contributed by atoms with Crippen LogP contribution >= 0.6 is 0 Å². The molecule has 1 fully saturated rings. The van der Waals surface area contributed by atoms with E-state index >= 15 is 0 Å². The Hall–Kier alpha value is -3.17. The Balaban J connectivity index is 1.44. The molecule has 1 aliphatic rings. The molecule has 4 rings (SSSR count). The number of nitrogens with one attached hydrogen (secondary N) is 3. The number of alkyl halides is 1. The number of hydrogen-bond acceptors (Lipinski definition) is 6. The number of aliphatic hydroxyl groups is 1. The second-order valence-corrected chi connectivity index (χ2v) is 7.48. The summed E-state index contributed by atoms with van der Waals surface area (Å²) < 4.78 is 19.7. The zero-order valence-corrected chi connectivity index (χ0v) is 17.1. The zero-order valence-electron chi connectivity index (χ0n) is 17.1. The fourth-order valence-electron chi connectivity index (χ4n) is 3.72. The lowest BCUT2D eigenvalue weighted by molar-refractivity contribution is 0.113. The molecule has 1 unspecified atom stereocenters. The first-order chi connectivity index (χ1) is 15.1. The molecule has 1 atom stereocenters. The van der Waals surface area contributed by atoms with Crippen LogP contribution in [0.25, 0.3) is 10.9 Å². The summed E-state index contributed by atoms with van der Waals surface area (Å²) in [5.41, 5.74) is 0.700. The van der Waals surface area contributed by atoms with Crippen molar-refractivity contribution in [2.45, 2.75) is 19.1 Å². The summed E-state index contributed by atoms with van der Waals surface area (Å²) in [5.74, 6) is 1.90. The Morgan fingerprint density at radius 3 is 2.87 bits per heavy atom. The number of amides is 1. The van der Waals surface area contributed by atoms with Gasteiger partial charge in [-0.25, -0.2) is 14.2 Å². The van der Waals surface area contributed by atoms with Crippen molar-refractivity contribution in [3.63, 3.8) is 0 Å². The van der Waals surface area contributed by atoms with Gasteiger partial charge in [0.15, 0.2) is 0 Å². The molecular formula is C22H26FN5O3. The van der Waals surface area contributed by atoms with E-state index in [1.54, 1.807) is 42.7 Å². The largest absolute Gasteiger partial charge is 0.457 e. The molecule has 31 heavy (non-hydrogen) atoms. The number of piperidine rings is 1. The summed E-state index contributed by atoms with van der Waals surface area (Å²) in [4.78, 5) is 16.4. The molecule has 0 radical (unpaired) electrons. The molecule has 3 aromatic rings. The first kappa shape index (κ1) is 21.1. The summed E-state index contributed by atoms with van der Waals surface area (Å²) in [6.07, 6.45) is 4.42. The van der Waals surface area contributed by atoms with Gasteiger partial charge in [-0.15, -0.1) is 0 Å². The summed E-state index contributed by atoms with van der Waals surface area (Å²) in [7, 11) is 0. The number of hydrogen-bond donors (Lipinski definition) is 4. The predicted molar refractivity (Wildman–Crippen MR) is 116 cm³/mol. The van der Waals surface area contributed by atoms with Gasteiger partial charge in [-0.3, -0.25) is 4.57 Å². The van der Waals surface area contributed by atoms with E-state index < -0.39 is 12.9 Å². The molecule has 1 saturated heterocycles. The molecule has 164 valence electrons. The van der Waals surface area contributed by atoms with E-state index in [1.807, 2.05) is 6.07 Å². The number of benzene rings is 1. The van der Waals surface area contributed by atoms with E-state index in [9.17, 15) is 14.3 Å². The highest BCUT2D eigenvalue weighted by Crippen LogP contribution is 2.28. The summed E-state index contributed by atoms with van der Waals surface area (Å²) in [6, 6.07) is 10.3. The number of aromatic nitrogens is 2. The van der Waals surface area contributed by atoms with Crippen LogP contribution in [0.15, 0.2) is 48.8 Å². The Morgan fingerprint density at radius 2 is 2.06 bits per heavy atom. The Kier molecular flexibility index (Phi) is 6.63. The number of nitrogens with zero attached hydrogens (tertiary/aromatic N) is 2. The third-order valence-corrected chi connectivity index (χ3v) is 5.34. The molecule has 0 saturated carbocycles. The van der Waals surface area contributed by atoms with Gasteiger partial charge in [-0.1, -0.05) is 0 Å². The van der Waals surface area contributed by atoms with Gasteiger partial charge < -0.3 is 25.8 Å². The van der Waals surface area contributed by atoms with Gasteiger partial charge in [0.1, 0.15) is 30.2 Å². The lowest BCUT2D eigenvalue weighted by atomic mass is 9.96. The lowest BCUT2D eigenvalue weighted by Gasteiger charge is -2.28. The van der Waals surface area contributed by atoms with Crippen molar-refractivity contribution in [3.05, 3.63) is 48.8 Å². The van der Waals surface area contributed by atoms with Crippen LogP contribution in [0.3, 0.4) is 0 Å². The molecule has 1 amide bonds. The van der Waals surface area contributed by atoms with E-state index in [1.165, 1.54) is 4.57 Å². The molecule has 0 bridgehead atoms. The maximum Gasteiger partial charge on any atom is 0.326 e.